The number of esters is 1. The van der Waals surface area contributed by atoms with Gasteiger partial charge in [-0.1, -0.05) is 29.8 Å². The van der Waals surface area contributed by atoms with Crippen molar-refractivity contribution in [3.8, 4) is 11.4 Å². The number of hydrogen-bond donors (Lipinski definition) is 1. The number of hydrogen-bond acceptors (Lipinski definition) is 6. The molecule has 1 amide bonds. The summed E-state index contributed by atoms with van der Waals surface area (Å²) in [5.41, 5.74) is 1.50. The number of nitrogens with one attached hydrogen (secondary N) is 1. The third-order valence-corrected chi connectivity index (χ3v) is 4.27. The van der Waals surface area contributed by atoms with Gasteiger partial charge in [0.05, 0.1) is 24.2 Å². The molecule has 9 heteroatoms. The van der Waals surface area contributed by atoms with Crippen LogP contribution in [-0.4, -0.2) is 40.1 Å². The molecule has 0 aliphatic heterocycles. The first-order valence-electron chi connectivity index (χ1n) is 8.73. The van der Waals surface area contributed by atoms with Crippen LogP contribution >= 0.6 is 11.6 Å². The first-order valence-corrected chi connectivity index (χ1v) is 9.11. The summed E-state index contributed by atoms with van der Waals surface area (Å²) in [5, 5.41) is 11.5. The summed E-state index contributed by atoms with van der Waals surface area (Å²) in [4.78, 5) is 26.3. The average molecular weight is 415 g/mol. The predicted octanol–water partition coefficient (Wildman–Crippen LogP) is 3.42. The molecule has 1 atom stereocenters. The summed E-state index contributed by atoms with van der Waals surface area (Å²) in [7, 11) is 1.47. The van der Waals surface area contributed by atoms with E-state index in [-0.39, 0.29) is 5.69 Å². The highest BCUT2D eigenvalue weighted by atomic mass is 35.5. The number of amides is 1. The SMILES string of the molecule is COc1ccc(Cl)cc1NC(=O)C(C)OC(=O)c1nn(-c2ccccc2)nc1C. The highest BCUT2D eigenvalue weighted by molar-refractivity contribution is 6.31. The number of methoxy groups -OCH3 is 1. The van der Waals surface area contributed by atoms with Crippen molar-refractivity contribution in [3.63, 3.8) is 0 Å². The summed E-state index contributed by atoms with van der Waals surface area (Å²) in [6, 6.07) is 14.0. The number of anilines is 1. The highest BCUT2D eigenvalue weighted by Gasteiger charge is 2.24. The summed E-state index contributed by atoms with van der Waals surface area (Å²) in [6.45, 7) is 3.10. The second kappa shape index (κ2) is 8.74. The first kappa shape index (κ1) is 20.3. The lowest BCUT2D eigenvalue weighted by molar-refractivity contribution is -0.123. The average Bonchev–Trinajstić information content (AvgIpc) is 3.10. The maximum absolute atomic E-state index is 12.5. The summed E-state index contributed by atoms with van der Waals surface area (Å²) < 4.78 is 10.5. The van der Waals surface area contributed by atoms with Gasteiger partial charge in [0.1, 0.15) is 5.75 Å². The Labute approximate surface area is 172 Å². The minimum absolute atomic E-state index is 0.0360. The Kier molecular flexibility index (Phi) is 6.13. The van der Waals surface area contributed by atoms with Crippen molar-refractivity contribution < 1.29 is 19.1 Å². The molecule has 0 radical (unpaired) electrons. The number of benzene rings is 2. The van der Waals surface area contributed by atoms with Crippen molar-refractivity contribution >= 4 is 29.2 Å². The second-order valence-electron chi connectivity index (χ2n) is 6.14. The molecule has 0 saturated carbocycles. The van der Waals surface area contributed by atoms with Crippen LogP contribution in [0.15, 0.2) is 48.5 Å². The number of carbonyl (C=O) groups excluding carboxylic acids is 2. The Morgan fingerprint density at radius 1 is 1.14 bits per heavy atom. The molecule has 0 aliphatic carbocycles. The van der Waals surface area contributed by atoms with Gasteiger partial charge in [-0.2, -0.15) is 9.90 Å². The number of nitrogens with zero attached hydrogens (tertiary/aromatic N) is 3. The fraction of sp³-hybridized carbons (Fsp3) is 0.200. The Balaban J connectivity index is 1.70. The summed E-state index contributed by atoms with van der Waals surface area (Å²) >= 11 is 5.96. The molecule has 8 nitrogen and oxygen atoms in total. The quantitative estimate of drug-likeness (QED) is 0.621. The van der Waals surface area contributed by atoms with Crippen molar-refractivity contribution in [2.75, 3.05) is 12.4 Å². The van der Waals surface area contributed by atoms with Crippen LogP contribution in [0.4, 0.5) is 5.69 Å². The molecule has 3 aromatic rings. The molecule has 150 valence electrons. The van der Waals surface area contributed by atoms with E-state index in [1.807, 2.05) is 30.3 Å². The zero-order valence-corrected chi connectivity index (χ0v) is 16.8. The van der Waals surface area contributed by atoms with Gasteiger partial charge >= 0.3 is 5.97 Å². The largest absolute Gasteiger partial charge is 0.495 e. The van der Waals surface area contributed by atoms with Crippen molar-refractivity contribution in [1.82, 2.24) is 15.0 Å². The van der Waals surface area contributed by atoms with Crippen LogP contribution in [0.2, 0.25) is 5.02 Å². The zero-order chi connectivity index (χ0) is 21.0. The Bertz CT molecular complexity index is 1040. The Morgan fingerprint density at radius 3 is 2.55 bits per heavy atom. The number of carbonyl (C=O) groups is 2. The molecule has 1 heterocycles. The fourth-order valence-electron chi connectivity index (χ4n) is 2.53. The molecule has 1 unspecified atom stereocenters. The van der Waals surface area contributed by atoms with Crippen LogP contribution in [0.5, 0.6) is 5.75 Å². The molecule has 0 aliphatic rings. The van der Waals surface area contributed by atoms with Crippen molar-refractivity contribution in [2.45, 2.75) is 20.0 Å². The van der Waals surface area contributed by atoms with E-state index in [9.17, 15) is 9.59 Å². The number of para-hydroxylation sites is 1. The van der Waals surface area contributed by atoms with E-state index < -0.39 is 18.0 Å². The molecule has 0 spiro atoms. The normalized spacial score (nSPS) is 11.6. The van der Waals surface area contributed by atoms with Gasteiger partial charge in [0, 0.05) is 5.02 Å². The van der Waals surface area contributed by atoms with Gasteiger partial charge in [-0.15, -0.1) is 5.10 Å². The third-order valence-electron chi connectivity index (χ3n) is 4.04. The second-order valence-corrected chi connectivity index (χ2v) is 6.58. The lowest BCUT2D eigenvalue weighted by Crippen LogP contribution is -2.30. The minimum Gasteiger partial charge on any atom is -0.495 e. The van der Waals surface area contributed by atoms with E-state index >= 15 is 0 Å². The van der Waals surface area contributed by atoms with Crippen molar-refractivity contribution in [2.24, 2.45) is 0 Å². The van der Waals surface area contributed by atoms with Crippen LogP contribution < -0.4 is 10.1 Å². The van der Waals surface area contributed by atoms with Crippen LogP contribution in [0.25, 0.3) is 5.69 Å². The third kappa shape index (κ3) is 4.72. The lowest BCUT2D eigenvalue weighted by atomic mass is 10.2. The topological polar surface area (TPSA) is 95.3 Å². The monoisotopic (exact) mass is 414 g/mol. The molecule has 1 N–H and O–H groups in total. The fourth-order valence-corrected chi connectivity index (χ4v) is 2.70. The lowest BCUT2D eigenvalue weighted by Gasteiger charge is -2.15. The van der Waals surface area contributed by atoms with Gasteiger partial charge in [-0.05, 0) is 44.2 Å². The molecular formula is C20H19ClN4O4. The maximum atomic E-state index is 12.5. The molecule has 29 heavy (non-hydrogen) atoms. The maximum Gasteiger partial charge on any atom is 0.361 e. The molecule has 3 rings (SSSR count). The molecule has 0 saturated heterocycles. The van der Waals surface area contributed by atoms with Gasteiger partial charge < -0.3 is 14.8 Å². The summed E-state index contributed by atoms with van der Waals surface area (Å²) in [6.07, 6.45) is -1.08. The van der Waals surface area contributed by atoms with Crippen molar-refractivity contribution in [1.29, 1.82) is 0 Å². The van der Waals surface area contributed by atoms with E-state index in [0.717, 1.165) is 0 Å². The predicted molar refractivity (Wildman–Crippen MR) is 108 cm³/mol. The minimum atomic E-state index is -1.08. The van der Waals surface area contributed by atoms with Crippen LogP contribution in [0.3, 0.4) is 0 Å². The van der Waals surface area contributed by atoms with E-state index in [4.69, 9.17) is 21.1 Å². The number of halogens is 1. The summed E-state index contributed by atoms with van der Waals surface area (Å²) in [5.74, 6) is -0.847. The van der Waals surface area contributed by atoms with Gasteiger partial charge in [-0.25, -0.2) is 4.79 Å². The smallest absolute Gasteiger partial charge is 0.361 e. The van der Waals surface area contributed by atoms with E-state index in [0.29, 0.717) is 27.8 Å². The molecule has 1 aromatic heterocycles. The van der Waals surface area contributed by atoms with Crippen LogP contribution in [-0.2, 0) is 9.53 Å². The zero-order valence-electron chi connectivity index (χ0n) is 16.0. The molecule has 0 fully saturated rings. The van der Waals surface area contributed by atoms with E-state index in [1.165, 1.54) is 18.8 Å². The van der Waals surface area contributed by atoms with Gasteiger partial charge in [0.15, 0.2) is 11.8 Å². The van der Waals surface area contributed by atoms with E-state index in [1.54, 1.807) is 25.1 Å². The molecular weight excluding hydrogens is 396 g/mol. The van der Waals surface area contributed by atoms with Gasteiger partial charge in [-0.3, -0.25) is 4.79 Å². The number of ether oxygens (including phenoxy) is 2. The van der Waals surface area contributed by atoms with Crippen molar-refractivity contribution in [3.05, 3.63) is 64.9 Å². The van der Waals surface area contributed by atoms with Crippen LogP contribution in [0.1, 0.15) is 23.1 Å². The number of aromatic nitrogens is 3. The van der Waals surface area contributed by atoms with Crippen LogP contribution in [0, 0.1) is 6.92 Å². The highest BCUT2D eigenvalue weighted by Crippen LogP contribution is 2.27. The first-order chi connectivity index (χ1) is 13.9. The van der Waals surface area contributed by atoms with Gasteiger partial charge in [0.2, 0.25) is 0 Å². The number of rotatable bonds is 6. The van der Waals surface area contributed by atoms with Gasteiger partial charge in [0.25, 0.3) is 5.91 Å². The molecule has 0 bridgehead atoms. The molecule has 2 aromatic carbocycles. The Hall–Kier alpha value is -3.39. The van der Waals surface area contributed by atoms with E-state index in [2.05, 4.69) is 15.5 Å². The Morgan fingerprint density at radius 2 is 1.86 bits per heavy atom. The standard InChI is InChI=1S/C20H19ClN4O4/c1-12-18(24-25(23-12)15-7-5-4-6-8-15)20(27)29-13(2)19(26)22-16-11-14(21)9-10-17(16)28-3/h4-11,13H,1-3H3,(H,22,26). The number of aryl methyl sites for hydroxylation is 1.